The summed E-state index contributed by atoms with van der Waals surface area (Å²) in [6.07, 6.45) is 1.71. The number of para-hydroxylation sites is 2. The van der Waals surface area contributed by atoms with Crippen molar-refractivity contribution >= 4 is 16.9 Å². The number of aliphatic hydroxyl groups excluding tert-OH is 1. The van der Waals surface area contributed by atoms with E-state index in [0.29, 0.717) is 30.7 Å². The van der Waals surface area contributed by atoms with Crippen LogP contribution in [0, 0.1) is 0 Å². The molecule has 1 saturated heterocycles. The van der Waals surface area contributed by atoms with Crippen molar-refractivity contribution < 1.29 is 9.90 Å². The van der Waals surface area contributed by atoms with Crippen molar-refractivity contribution in [3.63, 3.8) is 0 Å². The predicted octanol–water partition coefficient (Wildman–Crippen LogP) is 0.837. The van der Waals surface area contributed by atoms with Gasteiger partial charge in [0, 0.05) is 13.1 Å². The second-order valence-electron chi connectivity index (χ2n) is 4.44. The van der Waals surface area contributed by atoms with Crippen molar-refractivity contribution in [2.24, 2.45) is 0 Å². The summed E-state index contributed by atoms with van der Waals surface area (Å²) in [4.78, 5) is 22.3. The highest BCUT2D eigenvalue weighted by molar-refractivity contribution is 5.94. The standard InChI is InChI=1S/C13H13N3O2/c17-9-5-6-16(8-9)13(18)12-7-14-10-3-1-2-4-11(10)15-12/h1-4,7,9,17H,5-6,8H2. The van der Waals surface area contributed by atoms with E-state index in [0.717, 1.165) is 5.52 Å². The van der Waals surface area contributed by atoms with Gasteiger partial charge < -0.3 is 10.0 Å². The van der Waals surface area contributed by atoms with E-state index < -0.39 is 6.10 Å². The van der Waals surface area contributed by atoms with E-state index in [1.807, 2.05) is 24.3 Å². The molecule has 1 aromatic carbocycles. The van der Waals surface area contributed by atoms with Crippen molar-refractivity contribution in [2.75, 3.05) is 13.1 Å². The number of amides is 1. The summed E-state index contributed by atoms with van der Waals surface area (Å²) in [7, 11) is 0. The van der Waals surface area contributed by atoms with Crippen molar-refractivity contribution in [1.29, 1.82) is 0 Å². The molecule has 1 atom stereocenters. The molecule has 92 valence electrons. The average Bonchev–Trinajstić information content (AvgIpc) is 2.84. The van der Waals surface area contributed by atoms with Crippen molar-refractivity contribution in [2.45, 2.75) is 12.5 Å². The van der Waals surface area contributed by atoms with Crippen LogP contribution in [-0.4, -0.2) is 45.1 Å². The molecule has 5 nitrogen and oxygen atoms in total. The molecular weight excluding hydrogens is 230 g/mol. The highest BCUT2D eigenvalue weighted by atomic mass is 16.3. The van der Waals surface area contributed by atoms with Gasteiger partial charge >= 0.3 is 0 Å². The number of likely N-dealkylation sites (tertiary alicyclic amines) is 1. The molecule has 1 N–H and O–H groups in total. The first kappa shape index (κ1) is 11.1. The van der Waals surface area contributed by atoms with Gasteiger partial charge in [-0.15, -0.1) is 0 Å². The van der Waals surface area contributed by atoms with Gasteiger partial charge in [-0.05, 0) is 18.6 Å². The monoisotopic (exact) mass is 243 g/mol. The number of aliphatic hydroxyl groups is 1. The first-order valence-electron chi connectivity index (χ1n) is 5.93. The minimum Gasteiger partial charge on any atom is -0.391 e. The Hall–Kier alpha value is -2.01. The second-order valence-corrected chi connectivity index (χ2v) is 4.44. The van der Waals surface area contributed by atoms with E-state index in [4.69, 9.17) is 0 Å². The molecule has 1 amide bonds. The highest BCUT2D eigenvalue weighted by Crippen LogP contribution is 2.14. The SMILES string of the molecule is O=C(c1cnc2ccccc2n1)N1CCC(O)C1. The number of rotatable bonds is 1. The maximum atomic E-state index is 12.1. The summed E-state index contributed by atoms with van der Waals surface area (Å²) in [5, 5.41) is 9.44. The molecule has 1 aliphatic rings. The van der Waals surface area contributed by atoms with Gasteiger partial charge in [0.2, 0.25) is 0 Å². The van der Waals surface area contributed by atoms with Crippen LogP contribution < -0.4 is 0 Å². The Morgan fingerprint density at radius 3 is 2.83 bits per heavy atom. The maximum Gasteiger partial charge on any atom is 0.274 e. The fourth-order valence-electron chi connectivity index (χ4n) is 2.15. The topological polar surface area (TPSA) is 66.3 Å². The molecule has 0 bridgehead atoms. The zero-order valence-corrected chi connectivity index (χ0v) is 9.78. The summed E-state index contributed by atoms with van der Waals surface area (Å²) in [6, 6.07) is 7.44. The van der Waals surface area contributed by atoms with Crippen molar-refractivity contribution in [3.8, 4) is 0 Å². The number of hydrogen-bond donors (Lipinski definition) is 1. The molecule has 2 aromatic rings. The third-order valence-corrected chi connectivity index (χ3v) is 3.12. The first-order chi connectivity index (χ1) is 8.74. The molecule has 1 aliphatic heterocycles. The molecule has 1 unspecified atom stereocenters. The number of fused-ring (bicyclic) bond motifs is 1. The van der Waals surface area contributed by atoms with Gasteiger partial charge in [0.15, 0.2) is 0 Å². The number of nitrogens with zero attached hydrogens (tertiary/aromatic N) is 3. The van der Waals surface area contributed by atoms with Crippen LogP contribution in [0.15, 0.2) is 30.5 Å². The number of aromatic nitrogens is 2. The summed E-state index contributed by atoms with van der Waals surface area (Å²) in [5.41, 5.74) is 1.82. The molecule has 5 heteroatoms. The van der Waals surface area contributed by atoms with E-state index in [1.54, 1.807) is 4.90 Å². The lowest BCUT2D eigenvalue weighted by Gasteiger charge is -2.14. The van der Waals surface area contributed by atoms with Crippen LogP contribution in [0.3, 0.4) is 0 Å². The Bertz CT molecular complexity index is 600. The summed E-state index contributed by atoms with van der Waals surface area (Å²) >= 11 is 0. The van der Waals surface area contributed by atoms with Gasteiger partial charge in [0.1, 0.15) is 5.69 Å². The lowest BCUT2D eigenvalue weighted by atomic mass is 10.3. The summed E-state index contributed by atoms with van der Waals surface area (Å²) < 4.78 is 0. The quantitative estimate of drug-likeness (QED) is 0.806. The number of carbonyl (C=O) groups is 1. The van der Waals surface area contributed by atoms with Gasteiger partial charge in [0.25, 0.3) is 5.91 Å². The maximum absolute atomic E-state index is 12.1. The molecule has 0 saturated carbocycles. The van der Waals surface area contributed by atoms with Gasteiger partial charge in [-0.25, -0.2) is 4.98 Å². The van der Waals surface area contributed by atoms with Gasteiger partial charge in [0.05, 0.1) is 23.3 Å². The normalized spacial score (nSPS) is 19.4. The second kappa shape index (κ2) is 4.34. The number of hydrogen-bond acceptors (Lipinski definition) is 4. The first-order valence-corrected chi connectivity index (χ1v) is 5.93. The predicted molar refractivity (Wildman–Crippen MR) is 66.1 cm³/mol. The lowest BCUT2D eigenvalue weighted by molar-refractivity contribution is 0.0759. The summed E-state index contributed by atoms with van der Waals surface area (Å²) in [6.45, 7) is 0.960. The van der Waals surface area contributed by atoms with E-state index in [2.05, 4.69) is 9.97 Å². The number of carbonyl (C=O) groups excluding carboxylic acids is 1. The third kappa shape index (κ3) is 1.93. The lowest BCUT2D eigenvalue weighted by Crippen LogP contribution is -2.30. The molecule has 3 rings (SSSR count). The van der Waals surface area contributed by atoms with Crippen LogP contribution in [0.2, 0.25) is 0 Å². The van der Waals surface area contributed by atoms with E-state index in [9.17, 15) is 9.90 Å². The molecule has 2 heterocycles. The van der Waals surface area contributed by atoms with Gasteiger partial charge in [-0.1, -0.05) is 12.1 Å². The molecule has 0 aliphatic carbocycles. The van der Waals surface area contributed by atoms with Crippen LogP contribution in [-0.2, 0) is 0 Å². The van der Waals surface area contributed by atoms with Gasteiger partial charge in [-0.3, -0.25) is 9.78 Å². The van der Waals surface area contributed by atoms with Crippen molar-refractivity contribution in [3.05, 3.63) is 36.2 Å². The molecule has 1 aromatic heterocycles. The Kier molecular flexibility index (Phi) is 2.68. The Labute approximate surface area is 104 Å². The fourth-order valence-corrected chi connectivity index (χ4v) is 2.15. The van der Waals surface area contributed by atoms with Crippen LogP contribution in [0.1, 0.15) is 16.9 Å². The molecule has 1 fully saturated rings. The van der Waals surface area contributed by atoms with Gasteiger partial charge in [-0.2, -0.15) is 0 Å². The van der Waals surface area contributed by atoms with Crippen LogP contribution in [0.4, 0.5) is 0 Å². The van der Waals surface area contributed by atoms with Crippen LogP contribution in [0.5, 0.6) is 0 Å². The minimum atomic E-state index is -0.414. The highest BCUT2D eigenvalue weighted by Gasteiger charge is 2.26. The largest absolute Gasteiger partial charge is 0.391 e. The van der Waals surface area contributed by atoms with E-state index >= 15 is 0 Å². The zero-order valence-electron chi connectivity index (χ0n) is 9.78. The number of β-amino-alcohol motifs (C(OH)–C–C–N with tert-alkyl or cyclic N) is 1. The zero-order chi connectivity index (χ0) is 12.5. The fraction of sp³-hybridized carbons (Fsp3) is 0.308. The number of benzene rings is 1. The van der Waals surface area contributed by atoms with E-state index in [1.165, 1.54) is 6.20 Å². The van der Waals surface area contributed by atoms with Crippen LogP contribution in [0.25, 0.3) is 11.0 Å². The summed E-state index contributed by atoms with van der Waals surface area (Å²) in [5.74, 6) is -0.162. The average molecular weight is 243 g/mol. The Balaban J connectivity index is 1.92. The van der Waals surface area contributed by atoms with Crippen molar-refractivity contribution in [1.82, 2.24) is 14.9 Å². The van der Waals surface area contributed by atoms with E-state index in [-0.39, 0.29) is 5.91 Å². The molecular formula is C13H13N3O2. The third-order valence-electron chi connectivity index (χ3n) is 3.12. The van der Waals surface area contributed by atoms with Crippen LogP contribution >= 0.6 is 0 Å². The smallest absolute Gasteiger partial charge is 0.274 e. The Morgan fingerprint density at radius 1 is 1.33 bits per heavy atom. The molecule has 0 radical (unpaired) electrons. The molecule has 18 heavy (non-hydrogen) atoms. The Morgan fingerprint density at radius 2 is 2.11 bits per heavy atom. The molecule has 0 spiro atoms. The minimum absolute atomic E-state index is 0.162.